The molecule has 0 fully saturated rings. The minimum Gasteiger partial charge on any atom is -0.373 e. The second kappa shape index (κ2) is 6.09. The molecule has 1 heterocycles. The highest BCUT2D eigenvalue weighted by Crippen LogP contribution is 2.37. The number of rotatable bonds is 2. The topological polar surface area (TPSA) is 40.6 Å². The van der Waals surface area contributed by atoms with Gasteiger partial charge >= 0.3 is 0 Å². The zero-order valence-electron chi connectivity index (χ0n) is 14.0. The summed E-state index contributed by atoms with van der Waals surface area (Å²) in [5.74, 6) is -0.405. The lowest BCUT2D eigenvalue weighted by Gasteiger charge is -2.30. The maximum atomic E-state index is 13.5. The van der Waals surface area contributed by atoms with Crippen molar-refractivity contribution in [3.63, 3.8) is 0 Å². The van der Waals surface area contributed by atoms with Gasteiger partial charge in [0.25, 0.3) is 10.0 Å². The van der Waals surface area contributed by atoms with Crippen LogP contribution in [0.25, 0.3) is 0 Å². The Balaban J connectivity index is 2.18. The fraction of sp³-hybridized carbons (Fsp3) is 0.333. The monoisotopic (exact) mass is 348 g/mol. The lowest BCUT2D eigenvalue weighted by atomic mass is 10.2. The number of hydrogen-bond donors (Lipinski definition) is 0. The number of hydrogen-bond acceptors (Lipinski definition) is 3. The first-order chi connectivity index (χ1) is 11.3. The van der Waals surface area contributed by atoms with Crippen LogP contribution in [0.3, 0.4) is 0 Å². The summed E-state index contributed by atoms with van der Waals surface area (Å²) < 4.78 is 41.6. The predicted octanol–water partition coefficient (Wildman–Crippen LogP) is 3.56. The normalized spacial score (nSPS) is 18.2. The van der Waals surface area contributed by atoms with Crippen LogP contribution in [0, 0.1) is 12.7 Å². The number of nitrogens with zero attached hydrogens (tertiary/aromatic N) is 2. The van der Waals surface area contributed by atoms with Gasteiger partial charge in [0.15, 0.2) is 0 Å². The summed E-state index contributed by atoms with van der Waals surface area (Å²) in [6, 6.07) is 11.2. The molecule has 3 rings (SSSR count). The number of aryl methyl sites for hydroxylation is 1. The third-order valence-corrected chi connectivity index (χ3v) is 6.42. The van der Waals surface area contributed by atoms with Gasteiger partial charge in [-0.1, -0.05) is 12.1 Å². The van der Waals surface area contributed by atoms with Gasteiger partial charge in [0.05, 0.1) is 16.3 Å². The molecule has 0 saturated carbocycles. The number of halogens is 1. The maximum Gasteiger partial charge on any atom is 0.264 e. The quantitative estimate of drug-likeness (QED) is 0.833. The number of fused-ring (bicyclic) bond motifs is 1. The zero-order chi connectivity index (χ0) is 17.5. The van der Waals surface area contributed by atoms with Gasteiger partial charge in [-0.05, 0) is 56.2 Å². The summed E-state index contributed by atoms with van der Waals surface area (Å²) in [4.78, 5) is 2.18. The van der Waals surface area contributed by atoms with E-state index < -0.39 is 15.8 Å². The number of para-hydroxylation sites is 2. The van der Waals surface area contributed by atoms with Crippen molar-refractivity contribution in [2.75, 3.05) is 22.8 Å². The summed E-state index contributed by atoms with van der Waals surface area (Å²) in [6.07, 6.45) is 0.713. The molecule has 4 nitrogen and oxygen atoms in total. The van der Waals surface area contributed by atoms with E-state index in [4.69, 9.17) is 0 Å². The molecule has 0 saturated heterocycles. The highest BCUT2D eigenvalue weighted by molar-refractivity contribution is 7.92. The van der Waals surface area contributed by atoms with Gasteiger partial charge in [-0.25, -0.2) is 12.8 Å². The number of benzene rings is 2. The van der Waals surface area contributed by atoms with E-state index in [1.165, 1.54) is 22.5 Å². The fourth-order valence-electron chi connectivity index (χ4n) is 3.09. The van der Waals surface area contributed by atoms with Crippen LogP contribution in [-0.2, 0) is 10.0 Å². The van der Waals surface area contributed by atoms with E-state index in [0.29, 0.717) is 17.7 Å². The molecule has 24 heavy (non-hydrogen) atoms. The summed E-state index contributed by atoms with van der Waals surface area (Å²) >= 11 is 0. The first-order valence-corrected chi connectivity index (χ1v) is 9.37. The fourth-order valence-corrected chi connectivity index (χ4v) is 4.87. The molecular formula is C18H21FN2O2S. The highest BCUT2D eigenvalue weighted by Gasteiger charge is 2.33. The molecule has 2 aromatic rings. The Morgan fingerprint density at radius 2 is 1.79 bits per heavy atom. The van der Waals surface area contributed by atoms with E-state index in [1.807, 2.05) is 38.2 Å². The summed E-state index contributed by atoms with van der Waals surface area (Å²) in [5, 5.41) is 0. The number of sulfonamides is 1. The Hall–Kier alpha value is -2.08. The number of anilines is 2. The molecule has 0 aliphatic carbocycles. The Bertz CT molecular complexity index is 867. The van der Waals surface area contributed by atoms with E-state index in [9.17, 15) is 12.8 Å². The minimum atomic E-state index is -3.77. The molecular weight excluding hydrogens is 327 g/mol. The van der Waals surface area contributed by atoms with Gasteiger partial charge in [-0.2, -0.15) is 0 Å². The Morgan fingerprint density at radius 3 is 2.46 bits per heavy atom. The van der Waals surface area contributed by atoms with Crippen molar-refractivity contribution in [3.8, 4) is 0 Å². The molecule has 0 radical (unpaired) electrons. The molecule has 0 unspecified atom stereocenters. The molecule has 0 aromatic heterocycles. The molecule has 1 atom stereocenters. The first kappa shape index (κ1) is 16.8. The molecule has 6 heteroatoms. The van der Waals surface area contributed by atoms with E-state index >= 15 is 0 Å². The van der Waals surface area contributed by atoms with E-state index in [-0.39, 0.29) is 10.9 Å². The molecule has 1 aliphatic heterocycles. The highest BCUT2D eigenvalue weighted by atomic mass is 32.2. The van der Waals surface area contributed by atoms with E-state index in [1.54, 1.807) is 6.92 Å². The lowest BCUT2D eigenvalue weighted by molar-refractivity contribution is 0.573. The van der Waals surface area contributed by atoms with Gasteiger partial charge in [0.2, 0.25) is 0 Å². The van der Waals surface area contributed by atoms with Crippen molar-refractivity contribution in [2.24, 2.45) is 0 Å². The standard InChI is InChI=1S/C18H21FN2O2S/c1-13-12-15(8-9-16(13)19)24(22,23)21-14(2)10-11-20(3)17-6-4-5-7-18(17)21/h4-9,12,14H,10-11H2,1-3H3/t14-/m0/s1. The van der Waals surface area contributed by atoms with Crippen molar-refractivity contribution in [3.05, 3.63) is 53.8 Å². The molecule has 0 N–H and O–H groups in total. The summed E-state index contributed by atoms with van der Waals surface area (Å²) in [7, 11) is -1.81. The molecule has 0 spiro atoms. The largest absolute Gasteiger partial charge is 0.373 e. The Labute approximate surface area is 142 Å². The van der Waals surface area contributed by atoms with Crippen molar-refractivity contribution in [2.45, 2.75) is 31.2 Å². The van der Waals surface area contributed by atoms with Crippen molar-refractivity contribution in [1.82, 2.24) is 0 Å². The van der Waals surface area contributed by atoms with Crippen LogP contribution in [0.1, 0.15) is 18.9 Å². The Kier molecular flexibility index (Phi) is 4.25. The van der Waals surface area contributed by atoms with Crippen LogP contribution in [0.4, 0.5) is 15.8 Å². The van der Waals surface area contributed by atoms with Crippen LogP contribution in [0.5, 0.6) is 0 Å². The van der Waals surface area contributed by atoms with Crippen LogP contribution in [-0.4, -0.2) is 28.1 Å². The molecule has 0 bridgehead atoms. The summed E-state index contributed by atoms with van der Waals surface area (Å²) in [6.45, 7) is 4.25. The average Bonchev–Trinajstić information content (AvgIpc) is 2.67. The van der Waals surface area contributed by atoms with Gasteiger partial charge < -0.3 is 4.90 Å². The molecule has 1 aliphatic rings. The molecule has 2 aromatic carbocycles. The van der Waals surface area contributed by atoms with Gasteiger partial charge in [0.1, 0.15) is 5.82 Å². The van der Waals surface area contributed by atoms with Crippen molar-refractivity contribution >= 4 is 21.4 Å². The van der Waals surface area contributed by atoms with E-state index in [2.05, 4.69) is 4.90 Å². The van der Waals surface area contributed by atoms with Crippen LogP contribution < -0.4 is 9.21 Å². The van der Waals surface area contributed by atoms with Crippen molar-refractivity contribution in [1.29, 1.82) is 0 Å². The van der Waals surface area contributed by atoms with Gasteiger partial charge in [-0.3, -0.25) is 4.31 Å². The predicted molar refractivity (Wildman–Crippen MR) is 94.6 cm³/mol. The smallest absolute Gasteiger partial charge is 0.264 e. The SMILES string of the molecule is Cc1cc(S(=O)(=O)N2c3ccccc3N(C)CC[C@@H]2C)ccc1F. The third kappa shape index (κ3) is 2.75. The second-order valence-electron chi connectivity index (χ2n) is 6.26. The third-order valence-electron chi connectivity index (χ3n) is 4.50. The lowest BCUT2D eigenvalue weighted by Crippen LogP contribution is -2.38. The first-order valence-electron chi connectivity index (χ1n) is 7.93. The molecule has 0 amide bonds. The minimum absolute atomic E-state index is 0.118. The average molecular weight is 348 g/mol. The van der Waals surface area contributed by atoms with Crippen LogP contribution >= 0.6 is 0 Å². The van der Waals surface area contributed by atoms with Crippen molar-refractivity contribution < 1.29 is 12.8 Å². The zero-order valence-corrected chi connectivity index (χ0v) is 14.8. The molecule has 128 valence electrons. The van der Waals surface area contributed by atoms with E-state index in [0.717, 1.165) is 12.2 Å². The van der Waals surface area contributed by atoms with Crippen LogP contribution in [0.2, 0.25) is 0 Å². The summed E-state index contributed by atoms with van der Waals surface area (Å²) in [5.41, 5.74) is 1.86. The van der Waals surface area contributed by atoms with Gasteiger partial charge in [-0.15, -0.1) is 0 Å². The Morgan fingerprint density at radius 1 is 1.12 bits per heavy atom. The van der Waals surface area contributed by atoms with Crippen LogP contribution in [0.15, 0.2) is 47.4 Å². The second-order valence-corrected chi connectivity index (χ2v) is 8.07. The van der Waals surface area contributed by atoms with Gasteiger partial charge in [0, 0.05) is 19.6 Å². The maximum absolute atomic E-state index is 13.5.